The van der Waals surface area contributed by atoms with Crippen molar-refractivity contribution in [2.45, 2.75) is 6.18 Å². The lowest BCUT2D eigenvalue weighted by Gasteiger charge is -2.09. The molecule has 7 heteroatoms. The molecule has 0 fully saturated rings. The Balaban J connectivity index is 1.73. The van der Waals surface area contributed by atoms with Crippen LogP contribution in [-0.2, 0) is 6.18 Å². The van der Waals surface area contributed by atoms with E-state index in [2.05, 4.69) is 0 Å². The van der Waals surface area contributed by atoms with Crippen molar-refractivity contribution in [3.63, 3.8) is 0 Å². The SMILES string of the molecule is O=C(Oc1ccc(C(=O)c2ccc(F)cc2)cc1)c1cccc(C(F)(F)F)c1. The molecule has 0 amide bonds. The summed E-state index contributed by atoms with van der Waals surface area (Å²) in [6, 6.07) is 14.4. The van der Waals surface area contributed by atoms with Crippen LogP contribution in [0.5, 0.6) is 5.75 Å². The van der Waals surface area contributed by atoms with Crippen molar-refractivity contribution in [3.8, 4) is 5.75 Å². The molecule has 3 nitrogen and oxygen atoms in total. The molecular formula is C21H12F4O3. The van der Waals surface area contributed by atoms with Crippen LogP contribution in [0.25, 0.3) is 0 Å². The zero-order valence-electron chi connectivity index (χ0n) is 14.2. The number of carbonyl (C=O) groups is 2. The molecule has 0 aromatic heterocycles. The van der Waals surface area contributed by atoms with Crippen LogP contribution < -0.4 is 4.74 Å². The lowest BCUT2D eigenvalue weighted by atomic mass is 10.0. The monoisotopic (exact) mass is 388 g/mol. The first-order valence-electron chi connectivity index (χ1n) is 8.04. The summed E-state index contributed by atoms with van der Waals surface area (Å²) in [5.41, 5.74) is -0.635. The minimum Gasteiger partial charge on any atom is -0.423 e. The molecule has 0 aliphatic rings. The molecule has 0 atom stereocenters. The minimum atomic E-state index is -4.57. The molecule has 0 saturated heterocycles. The maximum Gasteiger partial charge on any atom is 0.416 e. The number of hydrogen-bond donors (Lipinski definition) is 0. The topological polar surface area (TPSA) is 43.4 Å². The van der Waals surface area contributed by atoms with Gasteiger partial charge in [0.15, 0.2) is 5.78 Å². The molecule has 142 valence electrons. The number of alkyl halides is 3. The summed E-state index contributed by atoms with van der Waals surface area (Å²) < 4.78 is 56.2. The highest BCUT2D eigenvalue weighted by atomic mass is 19.4. The van der Waals surface area contributed by atoms with Crippen molar-refractivity contribution in [2.75, 3.05) is 0 Å². The molecule has 0 spiro atoms. The molecule has 0 bridgehead atoms. The summed E-state index contributed by atoms with van der Waals surface area (Å²) in [5.74, 6) is -1.70. The number of halogens is 4. The molecule has 3 aromatic rings. The van der Waals surface area contributed by atoms with E-state index in [1.807, 2.05) is 0 Å². The van der Waals surface area contributed by atoms with Gasteiger partial charge in [-0.2, -0.15) is 13.2 Å². The van der Waals surface area contributed by atoms with E-state index >= 15 is 0 Å². The molecule has 0 aliphatic carbocycles. The van der Waals surface area contributed by atoms with E-state index in [1.165, 1.54) is 54.6 Å². The van der Waals surface area contributed by atoms with Gasteiger partial charge in [-0.3, -0.25) is 4.79 Å². The highest BCUT2D eigenvalue weighted by Crippen LogP contribution is 2.29. The van der Waals surface area contributed by atoms with E-state index in [9.17, 15) is 27.2 Å². The third-order valence-corrected chi connectivity index (χ3v) is 3.86. The van der Waals surface area contributed by atoms with Crippen LogP contribution in [0.3, 0.4) is 0 Å². The second-order valence-corrected chi connectivity index (χ2v) is 5.83. The molecule has 3 aromatic carbocycles. The third kappa shape index (κ3) is 4.43. The Morgan fingerprint density at radius 2 is 1.32 bits per heavy atom. The van der Waals surface area contributed by atoms with Gasteiger partial charge in [0.25, 0.3) is 0 Å². The lowest BCUT2D eigenvalue weighted by molar-refractivity contribution is -0.137. The zero-order chi connectivity index (χ0) is 20.3. The standard InChI is InChI=1S/C21H12F4O3/c22-17-8-4-13(5-9-17)19(26)14-6-10-18(11-7-14)28-20(27)15-2-1-3-16(12-15)21(23,24)25/h1-12H. The highest BCUT2D eigenvalue weighted by molar-refractivity contribution is 6.09. The molecule has 0 unspecified atom stereocenters. The van der Waals surface area contributed by atoms with Crippen LogP contribution in [-0.4, -0.2) is 11.8 Å². The van der Waals surface area contributed by atoms with Crippen molar-refractivity contribution < 1.29 is 31.9 Å². The van der Waals surface area contributed by atoms with Crippen molar-refractivity contribution in [3.05, 3.63) is 101 Å². The van der Waals surface area contributed by atoms with Crippen molar-refractivity contribution in [1.29, 1.82) is 0 Å². The number of hydrogen-bond acceptors (Lipinski definition) is 3. The fraction of sp³-hybridized carbons (Fsp3) is 0.0476. The largest absolute Gasteiger partial charge is 0.423 e. The van der Waals surface area contributed by atoms with Gasteiger partial charge in [-0.1, -0.05) is 6.07 Å². The van der Waals surface area contributed by atoms with Gasteiger partial charge >= 0.3 is 12.1 Å². The average molecular weight is 388 g/mol. The van der Waals surface area contributed by atoms with Crippen molar-refractivity contribution in [2.24, 2.45) is 0 Å². The first-order chi connectivity index (χ1) is 13.2. The summed E-state index contributed by atoms with van der Waals surface area (Å²) >= 11 is 0. The molecule has 0 radical (unpaired) electrons. The maximum atomic E-state index is 12.9. The zero-order valence-corrected chi connectivity index (χ0v) is 14.2. The predicted molar refractivity (Wildman–Crippen MR) is 92.7 cm³/mol. The predicted octanol–water partition coefficient (Wildman–Crippen LogP) is 5.29. The summed E-state index contributed by atoms with van der Waals surface area (Å²) in [5, 5.41) is 0. The molecular weight excluding hydrogens is 376 g/mol. The molecule has 0 heterocycles. The molecule has 28 heavy (non-hydrogen) atoms. The fourth-order valence-electron chi connectivity index (χ4n) is 2.43. The van der Waals surface area contributed by atoms with Crippen LogP contribution in [0.4, 0.5) is 17.6 Å². The summed E-state index contributed by atoms with van der Waals surface area (Å²) in [6.45, 7) is 0. The van der Waals surface area contributed by atoms with Crippen molar-refractivity contribution >= 4 is 11.8 Å². The van der Waals surface area contributed by atoms with Gasteiger partial charge in [-0.05, 0) is 66.7 Å². The smallest absolute Gasteiger partial charge is 0.416 e. The second kappa shape index (κ2) is 7.64. The van der Waals surface area contributed by atoms with Gasteiger partial charge in [0.05, 0.1) is 11.1 Å². The van der Waals surface area contributed by atoms with Gasteiger partial charge in [-0.25, -0.2) is 9.18 Å². The second-order valence-electron chi connectivity index (χ2n) is 5.83. The quantitative estimate of drug-likeness (QED) is 0.264. The number of carbonyl (C=O) groups excluding carboxylic acids is 2. The lowest BCUT2D eigenvalue weighted by Crippen LogP contribution is -2.11. The number of ketones is 1. The number of ether oxygens (including phenoxy) is 1. The first-order valence-corrected chi connectivity index (χ1v) is 8.04. The van der Waals surface area contributed by atoms with Gasteiger partial charge in [0.1, 0.15) is 11.6 Å². The van der Waals surface area contributed by atoms with Gasteiger partial charge in [-0.15, -0.1) is 0 Å². The van der Waals surface area contributed by atoms with E-state index < -0.39 is 23.5 Å². The average Bonchev–Trinajstić information content (AvgIpc) is 2.68. The first kappa shape index (κ1) is 19.3. The summed E-state index contributed by atoms with van der Waals surface area (Å²) in [4.78, 5) is 24.4. The van der Waals surface area contributed by atoms with Gasteiger partial charge < -0.3 is 4.74 Å². The molecule has 3 rings (SSSR count). The number of benzene rings is 3. The van der Waals surface area contributed by atoms with Crippen LogP contribution in [0, 0.1) is 5.82 Å². The number of rotatable bonds is 4. The summed E-state index contributed by atoms with van der Waals surface area (Å²) in [6.07, 6.45) is -4.57. The van der Waals surface area contributed by atoms with Gasteiger partial charge in [0, 0.05) is 11.1 Å². The van der Waals surface area contributed by atoms with Gasteiger partial charge in [0.2, 0.25) is 0 Å². The van der Waals surface area contributed by atoms with E-state index in [1.54, 1.807) is 0 Å². The highest BCUT2D eigenvalue weighted by Gasteiger charge is 2.31. The van der Waals surface area contributed by atoms with E-state index in [-0.39, 0.29) is 28.2 Å². The van der Waals surface area contributed by atoms with Crippen LogP contribution in [0.1, 0.15) is 31.8 Å². The van der Waals surface area contributed by atoms with E-state index in [4.69, 9.17) is 4.74 Å². The third-order valence-electron chi connectivity index (χ3n) is 3.86. The molecule has 0 aliphatic heterocycles. The van der Waals surface area contributed by atoms with E-state index in [0.717, 1.165) is 12.1 Å². The van der Waals surface area contributed by atoms with E-state index in [0.29, 0.717) is 6.07 Å². The van der Waals surface area contributed by atoms with Crippen LogP contribution >= 0.6 is 0 Å². The Labute approximate surface area is 157 Å². The normalized spacial score (nSPS) is 11.1. The Morgan fingerprint density at radius 1 is 0.750 bits per heavy atom. The van der Waals surface area contributed by atoms with Crippen LogP contribution in [0.15, 0.2) is 72.8 Å². The Kier molecular flexibility index (Phi) is 5.26. The maximum absolute atomic E-state index is 12.9. The Morgan fingerprint density at radius 3 is 1.89 bits per heavy atom. The Bertz CT molecular complexity index is 1010. The molecule has 0 saturated carbocycles. The minimum absolute atomic E-state index is 0.0677. The fourth-order valence-corrected chi connectivity index (χ4v) is 2.43. The molecule has 0 N–H and O–H groups in total. The van der Waals surface area contributed by atoms with Crippen molar-refractivity contribution in [1.82, 2.24) is 0 Å². The van der Waals surface area contributed by atoms with Crippen LogP contribution in [0.2, 0.25) is 0 Å². The summed E-state index contributed by atoms with van der Waals surface area (Å²) in [7, 11) is 0. The Hall–Kier alpha value is -3.48. The number of esters is 1.